The van der Waals surface area contributed by atoms with Gasteiger partial charge in [-0.15, -0.1) is 0 Å². The van der Waals surface area contributed by atoms with E-state index in [1.54, 1.807) is 0 Å². The second kappa shape index (κ2) is 3.18. The molecule has 0 aliphatic carbocycles. The van der Waals surface area contributed by atoms with Gasteiger partial charge in [0.15, 0.2) is 0 Å². The number of alkyl halides is 3. The van der Waals surface area contributed by atoms with Crippen molar-refractivity contribution >= 4 is 0 Å². The van der Waals surface area contributed by atoms with Gasteiger partial charge in [0.05, 0.1) is 5.56 Å². The van der Waals surface area contributed by atoms with E-state index in [1.165, 1.54) is 13.1 Å². The Morgan fingerprint density at radius 3 is 2.50 bits per heavy atom. The molecule has 0 bridgehead atoms. The van der Waals surface area contributed by atoms with Crippen molar-refractivity contribution in [3.05, 3.63) is 33.7 Å². The molecule has 0 aliphatic rings. The van der Waals surface area contributed by atoms with Crippen LogP contribution in [-0.2, 0) is 13.2 Å². The van der Waals surface area contributed by atoms with Gasteiger partial charge in [0.2, 0.25) is 0 Å². The van der Waals surface area contributed by atoms with Gasteiger partial charge in [-0.1, -0.05) is 0 Å². The standard InChI is InChI=1S/C8H5F3N2O/c1-13-4-6(8(9,10)11)2-5(3-12)7(13)14/h2,4H,1H3. The van der Waals surface area contributed by atoms with Crippen LogP contribution in [0.5, 0.6) is 0 Å². The van der Waals surface area contributed by atoms with Crippen LogP contribution in [0.1, 0.15) is 11.1 Å². The summed E-state index contributed by atoms with van der Waals surface area (Å²) >= 11 is 0. The summed E-state index contributed by atoms with van der Waals surface area (Å²) in [6.45, 7) is 0. The number of nitriles is 1. The molecular weight excluding hydrogens is 197 g/mol. The maximum Gasteiger partial charge on any atom is 0.417 e. The molecule has 14 heavy (non-hydrogen) atoms. The Bertz CT molecular complexity index is 453. The van der Waals surface area contributed by atoms with E-state index in [0.717, 1.165) is 4.57 Å². The molecule has 0 amide bonds. The summed E-state index contributed by atoms with van der Waals surface area (Å²) in [5.74, 6) is 0. The first-order valence-corrected chi connectivity index (χ1v) is 3.54. The quantitative estimate of drug-likeness (QED) is 0.636. The van der Waals surface area contributed by atoms with E-state index in [1.807, 2.05) is 0 Å². The van der Waals surface area contributed by atoms with Crippen LogP contribution in [0.25, 0.3) is 0 Å². The van der Waals surface area contributed by atoms with E-state index < -0.39 is 22.9 Å². The van der Waals surface area contributed by atoms with E-state index in [0.29, 0.717) is 12.3 Å². The molecule has 0 aliphatic heterocycles. The SMILES string of the molecule is Cn1cc(C(F)(F)F)cc(C#N)c1=O. The Morgan fingerprint density at radius 1 is 1.50 bits per heavy atom. The average molecular weight is 202 g/mol. The van der Waals surface area contributed by atoms with E-state index in [2.05, 4.69) is 0 Å². The number of hydrogen-bond acceptors (Lipinski definition) is 2. The number of hydrogen-bond donors (Lipinski definition) is 0. The van der Waals surface area contributed by atoms with Gasteiger partial charge in [-0.3, -0.25) is 4.79 Å². The summed E-state index contributed by atoms with van der Waals surface area (Å²) < 4.78 is 37.3. The van der Waals surface area contributed by atoms with Crippen LogP contribution in [-0.4, -0.2) is 4.57 Å². The van der Waals surface area contributed by atoms with Crippen molar-refractivity contribution < 1.29 is 13.2 Å². The van der Waals surface area contributed by atoms with Gasteiger partial charge in [-0.25, -0.2) is 0 Å². The fraction of sp³-hybridized carbons (Fsp3) is 0.250. The lowest BCUT2D eigenvalue weighted by Crippen LogP contribution is -2.22. The first kappa shape index (κ1) is 10.3. The summed E-state index contributed by atoms with van der Waals surface area (Å²) in [5.41, 5.74) is -2.25. The molecule has 0 N–H and O–H groups in total. The minimum Gasteiger partial charge on any atom is -0.317 e. The predicted octanol–water partition coefficient (Wildman–Crippen LogP) is 1.28. The number of pyridine rings is 1. The Labute approximate surface area is 77.0 Å². The van der Waals surface area contributed by atoms with Crippen LogP contribution >= 0.6 is 0 Å². The minimum absolute atomic E-state index is 0.512. The molecule has 0 unspecified atom stereocenters. The highest BCUT2D eigenvalue weighted by Gasteiger charge is 2.31. The van der Waals surface area contributed by atoms with E-state index >= 15 is 0 Å². The van der Waals surface area contributed by atoms with Crippen molar-refractivity contribution in [1.82, 2.24) is 4.57 Å². The van der Waals surface area contributed by atoms with Gasteiger partial charge in [0.25, 0.3) is 5.56 Å². The zero-order valence-corrected chi connectivity index (χ0v) is 7.09. The molecule has 1 aromatic heterocycles. The highest BCUT2D eigenvalue weighted by molar-refractivity contribution is 5.31. The van der Waals surface area contributed by atoms with Crippen molar-refractivity contribution in [2.24, 2.45) is 7.05 Å². The summed E-state index contributed by atoms with van der Waals surface area (Å²) in [4.78, 5) is 11.1. The molecular formula is C8H5F3N2O. The van der Waals surface area contributed by atoms with Crippen molar-refractivity contribution in [3.63, 3.8) is 0 Å². The van der Waals surface area contributed by atoms with Crippen LogP contribution in [0.15, 0.2) is 17.1 Å². The summed E-state index contributed by atoms with van der Waals surface area (Å²) in [6.07, 6.45) is -3.89. The topological polar surface area (TPSA) is 45.8 Å². The third-order valence-electron chi connectivity index (χ3n) is 1.63. The Balaban J connectivity index is 3.48. The van der Waals surface area contributed by atoms with E-state index in [-0.39, 0.29) is 0 Å². The number of rotatable bonds is 0. The number of halogens is 3. The van der Waals surface area contributed by atoms with Crippen LogP contribution in [0, 0.1) is 11.3 Å². The molecule has 1 aromatic rings. The third-order valence-corrected chi connectivity index (χ3v) is 1.63. The van der Waals surface area contributed by atoms with Crippen LogP contribution in [0.3, 0.4) is 0 Å². The summed E-state index contributed by atoms with van der Waals surface area (Å²) in [5, 5.41) is 8.40. The lowest BCUT2D eigenvalue weighted by atomic mass is 10.2. The lowest BCUT2D eigenvalue weighted by Gasteiger charge is -2.07. The third kappa shape index (κ3) is 1.76. The molecule has 0 saturated carbocycles. The molecule has 0 radical (unpaired) electrons. The van der Waals surface area contributed by atoms with Gasteiger partial charge in [0, 0.05) is 13.2 Å². The predicted molar refractivity (Wildman–Crippen MR) is 41.4 cm³/mol. The second-order valence-electron chi connectivity index (χ2n) is 2.67. The van der Waals surface area contributed by atoms with Crippen molar-refractivity contribution in [1.29, 1.82) is 5.26 Å². The molecule has 1 heterocycles. The van der Waals surface area contributed by atoms with Crippen molar-refractivity contribution in [2.75, 3.05) is 0 Å². The minimum atomic E-state index is -4.54. The van der Waals surface area contributed by atoms with Crippen molar-refractivity contribution in [3.8, 4) is 6.07 Å². The van der Waals surface area contributed by atoms with E-state index in [4.69, 9.17) is 5.26 Å². The first-order chi connectivity index (χ1) is 6.36. The zero-order chi connectivity index (χ0) is 10.9. The molecule has 0 saturated heterocycles. The van der Waals surface area contributed by atoms with Crippen LogP contribution < -0.4 is 5.56 Å². The first-order valence-electron chi connectivity index (χ1n) is 3.54. The molecule has 0 atom stereocenters. The largest absolute Gasteiger partial charge is 0.417 e. The second-order valence-corrected chi connectivity index (χ2v) is 2.67. The summed E-state index contributed by atoms with van der Waals surface area (Å²) in [6, 6.07) is 1.96. The number of aryl methyl sites for hydroxylation is 1. The normalized spacial score (nSPS) is 11.1. The highest BCUT2D eigenvalue weighted by atomic mass is 19.4. The lowest BCUT2D eigenvalue weighted by molar-refractivity contribution is -0.138. The van der Waals surface area contributed by atoms with Gasteiger partial charge in [-0.05, 0) is 6.07 Å². The van der Waals surface area contributed by atoms with Crippen molar-refractivity contribution in [2.45, 2.75) is 6.18 Å². The number of aromatic nitrogens is 1. The molecule has 74 valence electrons. The summed E-state index contributed by atoms with van der Waals surface area (Å²) in [7, 11) is 1.17. The molecule has 3 nitrogen and oxygen atoms in total. The number of nitrogens with zero attached hydrogens (tertiary/aromatic N) is 2. The zero-order valence-electron chi connectivity index (χ0n) is 7.09. The van der Waals surface area contributed by atoms with Gasteiger partial charge >= 0.3 is 6.18 Å². The van der Waals surface area contributed by atoms with Gasteiger partial charge in [0.1, 0.15) is 11.6 Å². The van der Waals surface area contributed by atoms with Crippen LogP contribution in [0.4, 0.5) is 13.2 Å². The fourth-order valence-electron chi connectivity index (χ4n) is 0.947. The highest BCUT2D eigenvalue weighted by Crippen LogP contribution is 2.28. The maximum absolute atomic E-state index is 12.2. The molecule has 0 fully saturated rings. The molecule has 1 rings (SSSR count). The monoisotopic (exact) mass is 202 g/mol. The Morgan fingerprint density at radius 2 is 2.07 bits per heavy atom. The fourth-order valence-corrected chi connectivity index (χ4v) is 0.947. The van der Waals surface area contributed by atoms with E-state index in [9.17, 15) is 18.0 Å². The maximum atomic E-state index is 12.2. The Kier molecular flexibility index (Phi) is 2.34. The molecule has 6 heteroatoms. The van der Waals surface area contributed by atoms with Gasteiger partial charge < -0.3 is 4.57 Å². The smallest absolute Gasteiger partial charge is 0.317 e. The van der Waals surface area contributed by atoms with Gasteiger partial charge in [-0.2, -0.15) is 18.4 Å². The average Bonchev–Trinajstić information content (AvgIpc) is 2.07. The molecule has 0 aromatic carbocycles. The molecule has 0 spiro atoms. The Hall–Kier alpha value is -1.77. The van der Waals surface area contributed by atoms with Crippen LogP contribution in [0.2, 0.25) is 0 Å².